The zero-order valence-corrected chi connectivity index (χ0v) is 15.0. The molecule has 0 bridgehead atoms. The van der Waals surface area contributed by atoms with E-state index in [4.69, 9.17) is 21.5 Å². The number of nitrogen functional groups attached to an aromatic ring is 2. The summed E-state index contributed by atoms with van der Waals surface area (Å²) in [5.41, 5.74) is 12.4. The molecule has 0 atom stereocenters. The first kappa shape index (κ1) is 16.1. The number of nitrogens with two attached hydrogens (primary N) is 2. The van der Waals surface area contributed by atoms with Gasteiger partial charge in [0.05, 0.1) is 26.9 Å². The van der Waals surface area contributed by atoms with Crippen molar-refractivity contribution in [3.63, 3.8) is 0 Å². The van der Waals surface area contributed by atoms with Gasteiger partial charge in [0.15, 0.2) is 5.66 Å². The third-order valence-corrected chi connectivity index (χ3v) is 5.83. The van der Waals surface area contributed by atoms with Crippen LogP contribution in [-0.4, -0.2) is 40.9 Å². The van der Waals surface area contributed by atoms with E-state index >= 15 is 0 Å². The third kappa shape index (κ3) is 2.12. The number of anilines is 2. The molecule has 2 aliphatic rings. The van der Waals surface area contributed by atoms with Gasteiger partial charge in [-0.2, -0.15) is 0 Å². The second kappa shape index (κ2) is 5.23. The summed E-state index contributed by atoms with van der Waals surface area (Å²) < 4.78 is 0. The van der Waals surface area contributed by atoms with Gasteiger partial charge in [-0.15, -0.1) is 0 Å². The van der Waals surface area contributed by atoms with Gasteiger partial charge in [-0.25, -0.2) is 0 Å². The number of likely N-dealkylation sites (tertiary alicyclic amines) is 1. The molecule has 7 nitrogen and oxygen atoms in total. The molecule has 0 amide bonds. The Labute approximate surface area is 155 Å². The lowest BCUT2D eigenvalue weighted by atomic mass is 9.97. The fourth-order valence-corrected chi connectivity index (χ4v) is 4.28. The summed E-state index contributed by atoms with van der Waals surface area (Å²) in [4.78, 5) is 12.1. The van der Waals surface area contributed by atoms with Crippen molar-refractivity contribution in [2.24, 2.45) is 9.98 Å². The van der Waals surface area contributed by atoms with E-state index in [1.165, 1.54) is 0 Å². The monoisotopic (exact) mass is 363 g/mol. The lowest BCUT2D eigenvalue weighted by Crippen LogP contribution is -2.39. The molecule has 3 aromatic rings. The minimum absolute atomic E-state index is 0.00456. The minimum Gasteiger partial charge on any atom is -0.507 e. The van der Waals surface area contributed by atoms with E-state index < -0.39 is 5.66 Å². The van der Waals surface area contributed by atoms with Crippen LogP contribution in [0, 0.1) is 0 Å². The highest BCUT2D eigenvalue weighted by Gasteiger charge is 2.35. The molecule has 0 radical (unpaired) electrons. The van der Waals surface area contributed by atoms with E-state index in [1.54, 1.807) is 18.2 Å². The number of hydrogen-bond donors (Lipinski definition) is 4. The molecule has 0 aromatic heterocycles. The molecular formula is C20H21N5O2. The van der Waals surface area contributed by atoms with Crippen LogP contribution in [0.4, 0.5) is 11.4 Å². The Morgan fingerprint density at radius 2 is 1.52 bits per heavy atom. The lowest BCUT2D eigenvalue weighted by molar-refractivity contribution is 0.197. The molecular weight excluding hydrogens is 342 g/mol. The van der Waals surface area contributed by atoms with Crippen molar-refractivity contribution in [3.05, 3.63) is 35.0 Å². The van der Waals surface area contributed by atoms with Gasteiger partial charge in [-0.3, -0.25) is 9.98 Å². The number of hydrogen-bond acceptors (Lipinski definition) is 7. The average Bonchev–Trinajstić information content (AvgIpc) is 3.01. The smallest absolute Gasteiger partial charge is 0.154 e. The fourth-order valence-electron chi connectivity index (χ4n) is 4.28. The molecule has 1 fully saturated rings. The summed E-state index contributed by atoms with van der Waals surface area (Å²) in [6.45, 7) is 1.84. The number of phenols is 2. The number of rotatable bonds is 0. The van der Waals surface area contributed by atoms with Gasteiger partial charge >= 0.3 is 0 Å². The van der Waals surface area contributed by atoms with E-state index in [0.29, 0.717) is 38.3 Å². The molecule has 2 heterocycles. The summed E-state index contributed by atoms with van der Waals surface area (Å²) in [6.07, 6.45) is 1.66. The van der Waals surface area contributed by atoms with Crippen LogP contribution in [0.2, 0.25) is 0 Å². The molecule has 0 saturated carbocycles. The van der Waals surface area contributed by atoms with E-state index in [0.717, 1.165) is 31.3 Å². The predicted octanol–water partition coefficient (Wildman–Crippen LogP) is 1.24. The van der Waals surface area contributed by atoms with Gasteiger partial charge in [0.1, 0.15) is 11.5 Å². The van der Waals surface area contributed by atoms with Crippen molar-refractivity contribution in [2.45, 2.75) is 18.5 Å². The van der Waals surface area contributed by atoms with Crippen molar-refractivity contribution in [2.75, 3.05) is 31.6 Å². The molecule has 0 unspecified atom stereocenters. The second-order valence-electron chi connectivity index (χ2n) is 7.56. The summed E-state index contributed by atoms with van der Waals surface area (Å²) in [7, 11) is 2.09. The third-order valence-electron chi connectivity index (χ3n) is 5.83. The van der Waals surface area contributed by atoms with Crippen LogP contribution in [0.5, 0.6) is 11.5 Å². The Kier molecular flexibility index (Phi) is 3.13. The van der Waals surface area contributed by atoms with Crippen LogP contribution in [0.3, 0.4) is 0 Å². The second-order valence-corrected chi connectivity index (χ2v) is 7.56. The maximum atomic E-state index is 11.1. The van der Waals surface area contributed by atoms with Crippen molar-refractivity contribution in [1.82, 2.24) is 4.90 Å². The summed E-state index contributed by atoms with van der Waals surface area (Å²) >= 11 is 0. The lowest BCUT2D eigenvalue weighted by Gasteiger charge is -2.33. The zero-order valence-electron chi connectivity index (χ0n) is 15.0. The van der Waals surface area contributed by atoms with Gasteiger partial charge in [0, 0.05) is 42.7 Å². The van der Waals surface area contributed by atoms with Gasteiger partial charge in [-0.05, 0) is 31.3 Å². The molecule has 138 valence electrons. The first-order chi connectivity index (χ1) is 12.9. The summed E-state index contributed by atoms with van der Waals surface area (Å²) in [6, 6.07) is 6.87. The summed E-state index contributed by atoms with van der Waals surface area (Å²) in [5, 5.41) is 25.0. The van der Waals surface area contributed by atoms with Crippen molar-refractivity contribution >= 4 is 32.9 Å². The Morgan fingerprint density at radius 3 is 2.19 bits per heavy atom. The average molecular weight is 363 g/mol. The highest BCUT2D eigenvalue weighted by molar-refractivity contribution is 6.17. The minimum atomic E-state index is -0.485. The molecule has 3 aromatic carbocycles. The van der Waals surface area contributed by atoms with Gasteiger partial charge < -0.3 is 26.6 Å². The Morgan fingerprint density at radius 1 is 0.889 bits per heavy atom. The van der Waals surface area contributed by atoms with Crippen LogP contribution in [0.15, 0.2) is 34.3 Å². The highest BCUT2D eigenvalue weighted by atomic mass is 16.3. The SMILES string of the molecule is CN1CCC2(CC1)N=c1ccc3c(O)c4c(N)ccc(N)c4c(O)c3c1=N2. The van der Waals surface area contributed by atoms with Crippen LogP contribution >= 0.6 is 0 Å². The Balaban J connectivity index is 1.91. The number of benzene rings is 3. The highest BCUT2D eigenvalue weighted by Crippen LogP contribution is 2.45. The van der Waals surface area contributed by atoms with Crippen molar-refractivity contribution < 1.29 is 10.2 Å². The maximum Gasteiger partial charge on any atom is 0.154 e. The maximum absolute atomic E-state index is 11.1. The van der Waals surface area contributed by atoms with E-state index in [2.05, 4.69) is 11.9 Å². The molecule has 0 aliphatic carbocycles. The molecule has 1 saturated heterocycles. The molecule has 27 heavy (non-hydrogen) atoms. The predicted molar refractivity (Wildman–Crippen MR) is 105 cm³/mol. The first-order valence-electron chi connectivity index (χ1n) is 9.03. The quantitative estimate of drug-likeness (QED) is 0.272. The number of piperidine rings is 1. The van der Waals surface area contributed by atoms with E-state index in [9.17, 15) is 10.2 Å². The number of aromatic hydroxyl groups is 2. The van der Waals surface area contributed by atoms with E-state index in [-0.39, 0.29) is 11.5 Å². The first-order valence-corrected chi connectivity index (χ1v) is 9.03. The van der Waals surface area contributed by atoms with Gasteiger partial charge in [0.2, 0.25) is 0 Å². The standard InChI is InChI=1S/C20H21N5O2/c1-25-8-6-20(7-9-25)23-13-5-2-10-14(17(13)24-20)19(27)16-12(22)4-3-11(21)15(16)18(10)26/h2-5,26-27H,6-9,21-22H2,1H3. The van der Waals surface area contributed by atoms with E-state index in [1.807, 2.05) is 6.07 Å². The van der Waals surface area contributed by atoms with Gasteiger partial charge in [0.25, 0.3) is 0 Å². The number of phenolic OH excluding ortho intramolecular Hbond substituents is 2. The fraction of sp³-hybridized carbons (Fsp3) is 0.300. The molecule has 7 heteroatoms. The van der Waals surface area contributed by atoms with Crippen LogP contribution < -0.4 is 22.2 Å². The topological polar surface area (TPSA) is 120 Å². The van der Waals surface area contributed by atoms with Crippen LogP contribution in [0.25, 0.3) is 21.5 Å². The van der Waals surface area contributed by atoms with Crippen LogP contribution in [-0.2, 0) is 0 Å². The number of fused-ring (bicyclic) bond motifs is 4. The normalized spacial score (nSPS) is 18.6. The Hall–Kier alpha value is -3.06. The summed E-state index contributed by atoms with van der Waals surface area (Å²) in [5.74, 6) is -0.00620. The molecule has 1 spiro atoms. The van der Waals surface area contributed by atoms with Crippen molar-refractivity contribution in [3.8, 4) is 11.5 Å². The van der Waals surface area contributed by atoms with Gasteiger partial charge in [-0.1, -0.05) is 0 Å². The zero-order chi connectivity index (χ0) is 18.9. The van der Waals surface area contributed by atoms with Crippen LogP contribution in [0.1, 0.15) is 12.8 Å². The molecule has 6 N–H and O–H groups in total. The largest absolute Gasteiger partial charge is 0.507 e. The number of nitrogens with zero attached hydrogens (tertiary/aromatic N) is 3. The molecule has 5 rings (SSSR count). The van der Waals surface area contributed by atoms with Crippen molar-refractivity contribution in [1.29, 1.82) is 0 Å². The Bertz CT molecular complexity index is 1240. The molecule has 2 aliphatic heterocycles.